The van der Waals surface area contributed by atoms with Crippen molar-refractivity contribution in [3.8, 4) is 11.6 Å². The van der Waals surface area contributed by atoms with Crippen molar-refractivity contribution in [1.82, 2.24) is 9.88 Å². The molecule has 1 aromatic heterocycles. The van der Waals surface area contributed by atoms with Gasteiger partial charge in [0.25, 0.3) is 5.91 Å². The number of nitrogens with one attached hydrogen (secondary N) is 1. The molecule has 0 saturated heterocycles. The van der Waals surface area contributed by atoms with Gasteiger partial charge in [0, 0.05) is 21.7 Å². The lowest BCUT2D eigenvalue weighted by Gasteiger charge is -2.20. The Morgan fingerprint density at radius 3 is 2.32 bits per heavy atom. The van der Waals surface area contributed by atoms with E-state index in [1.165, 1.54) is 28.8 Å². The number of amides is 1. The van der Waals surface area contributed by atoms with Crippen molar-refractivity contribution >= 4 is 44.6 Å². The first-order chi connectivity index (χ1) is 17.6. The molecule has 12 heteroatoms. The summed E-state index contributed by atoms with van der Waals surface area (Å²) in [7, 11) is -2.80. The predicted molar refractivity (Wildman–Crippen MR) is 137 cm³/mol. The first-order valence-corrected chi connectivity index (χ1v) is 12.6. The maximum Gasteiger partial charge on any atom is 0.514 e. The molecule has 1 heterocycles. The minimum absolute atomic E-state index is 0.0291. The number of benzene rings is 3. The molecule has 0 bridgehead atoms. The lowest BCUT2D eigenvalue weighted by atomic mass is 10.1. The van der Waals surface area contributed by atoms with Crippen molar-refractivity contribution in [3.63, 3.8) is 0 Å². The Bertz CT molecular complexity index is 1670. The zero-order valence-corrected chi connectivity index (χ0v) is 20.9. The lowest BCUT2D eigenvalue weighted by molar-refractivity contribution is 0.0950. The fourth-order valence-corrected chi connectivity index (χ4v) is 4.35. The minimum atomic E-state index is -3.93. The van der Waals surface area contributed by atoms with Gasteiger partial charge in [-0.25, -0.2) is 18.4 Å². The maximum atomic E-state index is 13.5. The number of aromatic nitrogens is 1. The van der Waals surface area contributed by atoms with Crippen LogP contribution in [0.2, 0.25) is 5.02 Å². The molecule has 0 fully saturated rings. The number of hydrogen-bond acceptors (Lipinski definition) is 7. The van der Waals surface area contributed by atoms with E-state index in [9.17, 15) is 22.8 Å². The topological polar surface area (TPSA) is 147 Å². The fourth-order valence-electron chi connectivity index (χ4n) is 3.67. The highest BCUT2D eigenvalue weighted by atomic mass is 35.5. The van der Waals surface area contributed by atoms with Gasteiger partial charge < -0.3 is 14.8 Å². The molecule has 0 unspecified atom stereocenters. The van der Waals surface area contributed by atoms with Gasteiger partial charge >= 0.3 is 6.16 Å². The Morgan fingerprint density at radius 2 is 1.70 bits per heavy atom. The van der Waals surface area contributed by atoms with Crippen LogP contribution in [0.15, 0.2) is 82.5 Å². The van der Waals surface area contributed by atoms with Gasteiger partial charge in [-0.1, -0.05) is 29.8 Å². The Morgan fingerprint density at radius 1 is 1.03 bits per heavy atom. The van der Waals surface area contributed by atoms with Crippen molar-refractivity contribution in [2.24, 2.45) is 5.14 Å². The van der Waals surface area contributed by atoms with Gasteiger partial charge in [-0.3, -0.25) is 14.2 Å². The van der Waals surface area contributed by atoms with Crippen LogP contribution in [0.3, 0.4) is 0 Å². The van der Waals surface area contributed by atoms with Crippen LogP contribution in [0.25, 0.3) is 16.6 Å². The Hall–Kier alpha value is -4.19. The maximum absolute atomic E-state index is 13.5. The van der Waals surface area contributed by atoms with Crippen molar-refractivity contribution in [1.29, 1.82) is 0 Å². The van der Waals surface area contributed by atoms with Gasteiger partial charge in [-0.15, -0.1) is 0 Å². The van der Waals surface area contributed by atoms with E-state index in [-0.39, 0.29) is 33.8 Å². The zero-order valence-electron chi connectivity index (χ0n) is 19.3. The van der Waals surface area contributed by atoms with Gasteiger partial charge in [-0.05, 0) is 54.6 Å². The molecule has 190 valence electrons. The second-order valence-electron chi connectivity index (χ2n) is 7.75. The van der Waals surface area contributed by atoms with E-state index in [4.69, 9.17) is 21.5 Å². The third-order valence-corrected chi connectivity index (χ3v) is 6.58. The quantitative estimate of drug-likeness (QED) is 0.356. The number of primary sulfonamides is 1. The Balaban J connectivity index is 1.83. The summed E-state index contributed by atoms with van der Waals surface area (Å²) in [5.41, 5.74) is 0.524. The van der Waals surface area contributed by atoms with E-state index >= 15 is 0 Å². The van der Waals surface area contributed by atoms with Crippen molar-refractivity contribution in [2.75, 3.05) is 7.11 Å². The number of nitrogens with two attached hydrogens (primary N) is 1. The molecule has 0 aliphatic rings. The number of carbonyl (C=O) groups is 2. The fraction of sp³-hybridized carbons (Fsp3) is 0.0800. The number of para-hydroxylation sites is 1. The number of fused-ring (bicyclic) bond motifs is 1. The Labute approximate surface area is 216 Å². The SMILES string of the molecule is COC(=O)Oc1c(CNC(=O)c2ccc(S(N)(=O)=O)cc2)c(=O)c2ccc(Cl)cc2n1-c1ccccc1. The molecule has 0 saturated carbocycles. The number of hydrogen-bond donors (Lipinski definition) is 2. The second-order valence-corrected chi connectivity index (χ2v) is 9.75. The normalized spacial score (nSPS) is 11.2. The minimum Gasteiger partial charge on any atom is -0.437 e. The van der Waals surface area contributed by atoms with Crippen LogP contribution in [-0.2, 0) is 21.3 Å². The van der Waals surface area contributed by atoms with Crippen molar-refractivity contribution in [3.05, 3.63) is 99.2 Å². The number of sulfonamides is 1. The van der Waals surface area contributed by atoms with Gasteiger partial charge in [0.2, 0.25) is 15.9 Å². The van der Waals surface area contributed by atoms with E-state index < -0.39 is 27.5 Å². The molecule has 3 N–H and O–H groups in total. The number of ether oxygens (including phenoxy) is 2. The van der Waals surface area contributed by atoms with Crippen LogP contribution in [0.4, 0.5) is 4.79 Å². The molecule has 0 aliphatic carbocycles. The number of methoxy groups -OCH3 is 1. The molecule has 0 radical (unpaired) electrons. The molecular formula is C25H20ClN3O7S. The van der Waals surface area contributed by atoms with E-state index in [0.29, 0.717) is 16.2 Å². The number of carbonyl (C=O) groups excluding carboxylic acids is 2. The molecule has 0 spiro atoms. The second kappa shape index (κ2) is 10.4. The standard InChI is InChI=1S/C25H20ClN3O7S/c1-35-25(32)36-24-20(14-28-23(31)15-7-10-18(11-8-15)37(27,33)34)22(30)19-12-9-16(26)13-21(19)29(24)17-5-3-2-4-6-17/h2-13H,14H2,1H3,(H,28,31)(H2,27,33,34). The van der Waals surface area contributed by atoms with Crippen molar-refractivity contribution in [2.45, 2.75) is 11.4 Å². The molecule has 37 heavy (non-hydrogen) atoms. The van der Waals surface area contributed by atoms with Gasteiger partial charge in [-0.2, -0.15) is 0 Å². The summed E-state index contributed by atoms with van der Waals surface area (Å²) in [5.74, 6) is -0.769. The summed E-state index contributed by atoms with van der Waals surface area (Å²) < 4.78 is 34.6. The molecular weight excluding hydrogens is 522 g/mol. The average Bonchev–Trinajstić information content (AvgIpc) is 2.88. The summed E-state index contributed by atoms with van der Waals surface area (Å²) in [5, 5.41) is 8.33. The molecule has 1 amide bonds. The van der Waals surface area contributed by atoms with Crippen molar-refractivity contribution < 1.29 is 27.5 Å². The summed E-state index contributed by atoms with van der Waals surface area (Å²) in [6.07, 6.45) is -1.07. The summed E-state index contributed by atoms with van der Waals surface area (Å²) >= 11 is 6.22. The summed E-state index contributed by atoms with van der Waals surface area (Å²) in [4.78, 5) is 38.3. The van der Waals surface area contributed by atoms with E-state index in [2.05, 4.69) is 10.1 Å². The number of pyridine rings is 1. The van der Waals surface area contributed by atoms with Crippen LogP contribution in [0, 0.1) is 0 Å². The monoisotopic (exact) mass is 541 g/mol. The predicted octanol–water partition coefficient (Wildman–Crippen LogP) is 3.37. The van der Waals surface area contributed by atoms with Crippen LogP contribution < -0.4 is 20.6 Å². The Kier molecular flexibility index (Phi) is 7.30. The molecule has 0 atom stereocenters. The highest BCUT2D eigenvalue weighted by Gasteiger charge is 2.23. The average molecular weight is 542 g/mol. The van der Waals surface area contributed by atoms with E-state index in [0.717, 1.165) is 7.11 Å². The summed E-state index contributed by atoms with van der Waals surface area (Å²) in [6, 6.07) is 18.4. The van der Waals surface area contributed by atoms with E-state index in [1.807, 2.05) is 0 Å². The highest BCUT2D eigenvalue weighted by molar-refractivity contribution is 7.89. The largest absolute Gasteiger partial charge is 0.514 e. The van der Waals surface area contributed by atoms with Gasteiger partial charge in [0.15, 0.2) is 5.43 Å². The van der Waals surface area contributed by atoms with Crippen LogP contribution in [0.5, 0.6) is 5.88 Å². The van der Waals surface area contributed by atoms with Crippen LogP contribution in [0.1, 0.15) is 15.9 Å². The number of halogens is 1. The molecule has 3 aromatic carbocycles. The van der Waals surface area contributed by atoms with E-state index in [1.54, 1.807) is 48.5 Å². The first kappa shape index (κ1) is 25.9. The molecule has 0 aliphatic heterocycles. The third-order valence-electron chi connectivity index (χ3n) is 5.41. The first-order valence-electron chi connectivity index (χ1n) is 10.7. The lowest BCUT2D eigenvalue weighted by Crippen LogP contribution is -2.29. The van der Waals surface area contributed by atoms with Crippen LogP contribution in [-0.4, -0.2) is 32.2 Å². The highest BCUT2D eigenvalue weighted by Crippen LogP contribution is 2.29. The van der Waals surface area contributed by atoms with Gasteiger partial charge in [0.1, 0.15) is 0 Å². The molecule has 4 rings (SSSR count). The number of nitrogens with zero attached hydrogens (tertiary/aromatic N) is 1. The zero-order chi connectivity index (χ0) is 26.7. The van der Waals surface area contributed by atoms with Crippen LogP contribution >= 0.6 is 11.6 Å². The third kappa shape index (κ3) is 5.48. The molecule has 10 nitrogen and oxygen atoms in total. The number of rotatable bonds is 6. The summed E-state index contributed by atoms with van der Waals surface area (Å²) in [6.45, 7) is -0.327. The molecule has 4 aromatic rings. The smallest absolute Gasteiger partial charge is 0.437 e. The van der Waals surface area contributed by atoms with Gasteiger partial charge in [0.05, 0.1) is 29.6 Å².